The lowest BCUT2D eigenvalue weighted by molar-refractivity contribution is 0.252. The van der Waals surface area contributed by atoms with Crippen LogP contribution < -0.4 is 16.4 Å². The van der Waals surface area contributed by atoms with Gasteiger partial charge in [-0.1, -0.05) is 17.9 Å². The highest BCUT2D eigenvalue weighted by Gasteiger charge is 2.03. The summed E-state index contributed by atoms with van der Waals surface area (Å²) in [5, 5.41) is 5.46. The van der Waals surface area contributed by atoms with Gasteiger partial charge >= 0.3 is 6.03 Å². The second-order valence-corrected chi connectivity index (χ2v) is 3.52. The fourth-order valence-electron chi connectivity index (χ4n) is 1.31. The summed E-state index contributed by atoms with van der Waals surface area (Å²) in [5.74, 6) is 5.71. The zero-order chi connectivity index (χ0) is 12.7. The lowest BCUT2D eigenvalue weighted by atomic mass is 10.1. The molecular formula is C13H17N3O. The van der Waals surface area contributed by atoms with E-state index in [-0.39, 0.29) is 6.03 Å². The Balaban J connectivity index is 2.86. The summed E-state index contributed by atoms with van der Waals surface area (Å²) in [6, 6.07) is 5.45. The van der Waals surface area contributed by atoms with Crippen molar-refractivity contribution < 1.29 is 4.79 Å². The Hall–Kier alpha value is -1.99. The number of hydrogen-bond donors (Lipinski definition) is 3. The van der Waals surface area contributed by atoms with E-state index in [1.54, 1.807) is 0 Å². The summed E-state index contributed by atoms with van der Waals surface area (Å²) in [5.41, 5.74) is 7.91. The Bertz CT molecular complexity index is 457. The van der Waals surface area contributed by atoms with E-state index in [1.165, 1.54) is 0 Å². The third-order valence-electron chi connectivity index (χ3n) is 2.16. The van der Waals surface area contributed by atoms with Crippen molar-refractivity contribution in [3.63, 3.8) is 0 Å². The number of nitrogens with one attached hydrogen (secondary N) is 2. The van der Waals surface area contributed by atoms with Crippen LogP contribution in [-0.4, -0.2) is 19.1 Å². The van der Waals surface area contributed by atoms with Gasteiger partial charge in [0, 0.05) is 17.8 Å². The number of amides is 2. The van der Waals surface area contributed by atoms with Crippen LogP contribution in [0, 0.1) is 18.8 Å². The number of carbonyl (C=O) groups excluding carboxylic acids is 1. The van der Waals surface area contributed by atoms with E-state index < -0.39 is 0 Å². The van der Waals surface area contributed by atoms with Crippen LogP contribution in [0.5, 0.6) is 0 Å². The third-order valence-corrected chi connectivity index (χ3v) is 2.16. The van der Waals surface area contributed by atoms with Crippen molar-refractivity contribution in [1.29, 1.82) is 0 Å². The molecule has 0 spiro atoms. The molecule has 4 nitrogen and oxygen atoms in total. The van der Waals surface area contributed by atoms with E-state index in [4.69, 9.17) is 5.73 Å². The highest BCUT2D eigenvalue weighted by Crippen LogP contribution is 2.16. The number of anilines is 1. The maximum Gasteiger partial charge on any atom is 0.319 e. The molecule has 17 heavy (non-hydrogen) atoms. The predicted octanol–water partition coefficient (Wildman–Crippen LogP) is 1.45. The monoisotopic (exact) mass is 231 g/mol. The Kier molecular flexibility index (Phi) is 5.05. The molecule has 1 rings (SSSR count). The first-order valence-electron chi connectivity index (χ1n) is 5.51. The van der Waals surface area contributed by atoms with Gasteiger partial charge in [-0.2, -0.15) is 0 Å². The van der Waals surface area contributed by atoms with Gasteiger partial charge in [0.2, 0.25) is 0 Å². The van der Waals surface area contributed by atoms with E-state index in [1.807, 2.05) is 32.0 Å². The van der Waals surface area contributed by atoms with Crippen molar-refractivity contribution in [2.24, 2.45) is 5.73 Å². The normalized spacial score (nSPS) is 9.12. The minimum atomic E-state index is -0.209. The van der Waals surface area contributed by atoms with Crippen molar-refractivity contribution >= 4 is 11.7 Å². The van der Waals surface area contributed by atoms with E-state index in [0.29, 0.717) is 13.1 Å². The van der Waals surface area contributed by atoms with Crippen molar-refractivity contribution in [3.8, 4) is 11.8 Å². The molecule has 0 fully saturated rings. The number of rotatable bonds is 2. The Morgan fingerprint density at radius 2 is 2.24 bits per heavy atom. The Morgan fingerprint density at radius 1 is 1.47 bits per heavy atom. The second-order valence-electron chi connectivity index (χ2n) is 3.52. The van der Waals surface area contributed by atoms with Crippen LogP contribution in [0.1, 0.15) is 18.1 Å². The molecule has 0 radical (unpaired) electrons. The molecule has 0 heterocycles. The summed E-state index contributed by atoms with van der Waals surface area (Å²) < 4.78 is 0. The zero-order valence-corrected chi connectivity index (χ0v) is 10.1. The molecule has 0 aliphatic heterocycles. The van der Waals surface area contributed by atoms with Crippen LogP contribution >= 0.6 is 0 Å². The van der Waals surface area contributed by atoms with Crippen LogP contribution in [0.4, 0.5) is 10.5 Å². The molecule has 4 heteroatoms. The van der Waals surface area contributed by atoms with E-state index >= 15 is 0 Å². The highest BCUT2D eigenvalue weighted by atomic mass is 16.2. The van der Waals surface area contributed by atoms with Crippen molar-refractivity contribution in [2.75, 3.05) is 18.4 Å². The lowest BCUT2D eigenvalue weighted by Gasteiger charge is -2.09. The predicted molar refractivity (Wildman–Crippen MR) is 69.8 cm³/mol. The largest absolute Gasteiger partial charge is 0.338 e. The molecule has 0 saturated heterocycles. The van der Waals surface area contributed by atoms with Gasteiger partial charge in [0.1, 0.15) is 0 Å². The quantitative estimate of drug-likeness (QED) is 0.674. The standard InChI is InChI=1S/C13H17N3O/c1-3-15-13(17)16-12-9-11(5-4-8-14)7-6-10(12)2/h6-7,9H,3,8,14H2,1-2H3,(H2,15,16,17). The Labute approximate surface area is 102 Å². The molecule has 0 aliphatic carbocycles. The number of carbonyl (C=O) groups is 1. The molecule has 2 amide bonds. The molecule has 0 bridgehead atoms. The molecule has 0 aromatic heterocycles. The lowest BCUT2D eigenvalue weighted by Crippen LogP contribution is -2.28. The number of urea groups is 1. The highest BCUT2D eigenvalue weighted by molar-refractivity contribution is 5.90. The third kappa shape index (κ3) is 4.17. The van der Waals surface area contributed by atoms with E-state index in [9.17, 15) is 4.79 Å². The van der Waals surface area contributed by atoms with E-state index in [0.717, 1.165) is 16.8 Å². The summed E-state index contributed by atoms with van der Waals surface area (Å²) in [6.07, 6.45) is 0. The van der Waals surface area contributed by atoms with Crippen LogP contribution in [-0.2, 0) is 0 Å². The number of aryl methyl sites for hydroxylation is 1. The first-order chi connectivity index (χ1) is 8.17. The molecule has 1 aromatic rings. The zero-order valence-electron chi connectivity index (χ0n) is 10.1. The first-order valence-corrected chi connectivity index (χ1v) is 5.51. The van der Waals surface area contributed by atoms with Gasteiger partial charge in [-0.05, 0) is 31.5 Å². The van der Waals surface area contributed by atoms with Crippen molar-refractivity contribution in [1.82, 2.24) is 5.32 Å². The molecule has 1 aromatic carbocycles. The number of nitrogens with two attached hydrogens (primary N) is 1. The minimum absolute atomic E-state index is 0.209. The Morgan fingerprint density at radius 3 is 2.88 bits per heavy atom. The van der Waals surface area contributed by atoms with Gasteiger partial charge in [-0.3, -0.25) is 0 Å². The first kappa shape index (κ1) is 13.1. The van der Waals surface area contributed by atoms with Crippen LogP contribution in [0.25, 0.3) is 0 Å². The van der Waals surface area contributed by atoms with Crippen LogP contribution in [0.3, 0.4) is 0 Å². The van der Waals surface area contributed by atoms with Gasteiger partial charge in [-0.25, -0.2) is 4.79 Å². The molecule has 0 aliphatic rings. The van der Waals surface area contributed by atoms with Gasteiger partial charge < -0.3 is 16.4 Å². The SMILES string of the molecule is CCNC(=O)Nc1cc(C#CCN)ccc1C. The number of benzene rings is 1. The summed E-state index contributed by atoms with van der Waals surface area (Å²) in [7, 11) is 0. The van der Waals surface area contributed by atoms with E-state index in [2.05, 4.69) is 22.5 Å². The molecule has 0 saturated carbocycles. The maximum atomic E-state index is 11.4. The summed E-state index contributed by atoms with van der Waals surface area (Å²) in [4.78, 5) is 11.4. The average Bonchev–Trinajstić information content (AvgIpc) is 2.30. The topological polar surface area (TPSA) is 67.2 Å². The summed E-state index contributed by atoms with van der Waals surface area (Å²) in [6.45, 7) is 4.72. The molecule has 0 unspecified atom stereocenters. The molecular weight excluding hydrogens is 214 g/mol. The fraction of sp³-hybridized carbons (Fsp3) is 0.308. The van der Waals surface area contributed by atoms with Crippen LogP contribution in [0.15, 0.2) is 18.2 Å². The second kappa shape index (κ2) is 6.56. The molecule has 4 N–H and O–H groups in total. The molecule has 90 valence electrons. The van der Waals surface area contributed by atoms with Gasteiger partial charge in [0.05, 0.1) is 6.54 Å². The fourth-order valence-corrected chi connectivity index (χ4v) is 1.31. The number of hydrogen-bond acceptors (Lipinski definition) is 2. The van der Waals surface area contributed by atoms with Crippen molar-refractivity contribution in [3.05, 3.63) is 29.3 Å². The maximum absolute atomic E-state index is 11.4. The van der Waals surface area contributed by atoms with Gasteiger partial charge in [-0.15, -0.1) is 0 Å². The molecule has 0 atom stereocenters. The van der Waals surface area contributed by atoms with Crippen molar-refractivity contribution in [2.45, 2.75) is 13.8 Å². The summed E-state index contributed by atoms with van der Waals surface area (Å²) >= 11 is 0. The average molecular weight is 231 g/mol. The van der Waals surface area contributed by atoms with Gasteiger partial charge in [0.25, 0.3) is 0 Å². The van der Waals surface area contributed by atoms with Gasteiger partial charge in [0.15, 0.2) is 0 Å². The smallest absolute Gasteiger partial charge is 0.319 e. The minimum Gasteiger partial charge on any atom is -0.338 e. The van der Waals surface area contributed by atoms with Crippen LogP contribution in [0.2, 0.25) is 0 Å².